The van der Waals surface area contributed by atoms with Crippen LogP contribution >= 0.6 is 15.9 Å². The summed E-state index contributed by atoms with van der Waals surface area (Å²) in [6.45, 7) is 1.18. The summed E-state index contributed by atoms with van der Waals surface area (Å²) in [6, 6.07) is 13.2. The maximum atomic E-state index is 12.7. The molecule has 1 atom stereocenters. The number of rotatable bonds is 4. The van der Waals surface area contributed by atoms with Crippen molar-refractivity contribution in [3.63, 3.8) is 0 Å². The fourth-order valence-corrected chi connectivity index (χ4v) is 3.65. The van der Waals surface area contributed by atoms with E-state index in [4.69, 9.17) is 0 Å². The standard InChI is InChI=1S/C20H19BrN4O2/c21-16-4-1-13(2-5-16)9-19(26)23-17-7-8-25(12-17)20(27)14-3-6-18-15(10-14)11-22-24-18/h1-6,10-11,17H,7-9,12H2,(H,22,24)(H,23,26)/t17-/m0/s1. The summed E-state index contributed by atoms with van der Waals surface area (Å²) in [5.74, 6) is -0.0285. The number of nitrogens with zero attached hydrogens (tertiary/aromatic N) is 2. The van der Waals surface area contributed by atoms with Crippen molar-refractivity contribution >= 4 is 38.6 Å². The quantitative estimate of drug-likeness (QED) is 0.672. The molecule has 7 heteroatoms. The van der Waals surface area contributed by atoms with Crippen LogP contribution in [0, 0.1) is 0 Å². The summed E-state index contributed by atoms with van der Waals surface area (Å²) in [6.07, 6.45) is 2.82. The van der Waals surface area contributed by atoms with Crippen LogP contribution in [0.1, 0.15) is 22.3 Å². The molecule has 0 aliphatic carbocycles. The van der Waals surface area contributed by atoms with Gasteiger partial charge in [-0.3, -0.25) is 14.7 Å². The Bertz CT molecular complexity index is 983. The van der Waals surface area contributed by atoms with Crippen LogP contribution in [0.4, 0.5) is 0 Å². The SMILES string of the molecule is O=C(Cc1ccc(Br)cc1)N[C@H]1CCN(C(=O)c2ccc3[nH]ncc3c2)C1. The van der Waals surface area contributed by atoms with Crippen LogP contribution in [0.5, 0.6) is 0 Å². The van der Waals surface area contributed by atoms with Crippen LogP contribution in [0.2, 0.25) is 0 Å². The summed E-state index contributed by atoms with van der Waals surface area (Å²) < 4.78 is 0.991. The first kappa shape index (κ1) is 17.7. The van der Waals surface area contributed by atoms with E-state index in [2.05, 4.69) is 31.4 Å². The number of amides is 2. The molecule has 0 bridgehead atoms. The van der Waals surface area contributed by atoms with E-state index in [1.54, 1.807) is 11.1 Å². The van der Waals surface area contributed by atoms with E-state index < -0.39 is 0 Å². The first-order valence-corrected chi connectivity index (χ1v) is 9.64. The molecule has 2 heterocycles. The number of H-pyrrole nitrogens is 1. The fourth-order valence-electron chi connectivity index (χ4n) is 3.39. The van der Waals surface area contributed by atoms with Crippen LogP contribution in [-0.2, 0) is 11.2 Å². The number of hydrogen-bond acceptors (Lipinski definition) is 3. The summed E-state index contributed by atoms with van der Waals surface area (Å²) in [7, 11) is 0. The van der Waals surface area contributed by atoms with Gasteiger partial charge in [-0.1, -0.05) is 28.1 Å². The predicted octanol–water partition coefficient (Wildman–Crippen LogP) is 2.90. The number of nitrogens with one attached hydrogen (secondary N) is 2. The van der Waals surface area contributed by atoms with Gasteiger partial charge in [-0.15, -0.1) is 0 Å². The van der Waals surface area contributed by atoms with E-state index in [-0.39, 0.29) is 17.9 Å². The normalized spacial score (nSPS) is 16.6. The Hall–Kier alpha value is -2.67. The van der Waals surface area contributed by atoms with Crippen molar-refractivity contribution in [3.8, 4) is 0 Å². The second kappa shape index (κ2) is 7.52. The molecule has 1 fully saturated rings. The van der Waals surface area contributed by atoms with E-state index in [9.17, 15) is 9.59 Å². The lowest BCUT2D eigenvalue weighted by Crippen LogP contribution is -2.39. The molecule has 2 aromatic carbocycles. The lowest BCUT2D eigenvalue weighted by Gasteiger charge is -2.17. The van der Waals surface area contributed by atoms with Crippen molar-refractivity contribution < 1.29 is 9.59 Å². The summed E-state index contributed by atoms with van der Waals surface area (Å²) in [5, 5.41) is 10.8. The van der Waals surface area contributed by atoms with E-state index in [0.29, 0.717) is 25.1 Å². The third kappa shape index (κ3) is 4.03. The Morgan fingerprint density at radius 3 is 2.85 bits per heavy atom. The zero-order chi connectivity index (χ0) is 18.8. The first-order chi connectivity index (χ1) is 13.1. The molecule has 0 saturated carbocycles. The Kier molecular flexibility index (Phi) is 4.94. The highest BCUT2D eigenvalue weighted by Gasteiger charge is 2.28. The van der Waals surface area contributed by atoms with Crippen LogP contribution in [-0.4, -0.2) is 46.0 Å². The van der Waals surface area contributed by atoms with Gasteiger partial charge in [0.15, 0.2) is 0 Å². The summed E-state index contributed by atoms with van der Waals surface area (Å²) >= 11 is 3.39. The van der Waals surface area contributed by atoms with Gasteiger partial charge in [-0.25, -0.2) is 0 Å². The molecule has 2 N–H and O–H groups in total. The van der Waals surface area contributed by atoms with Crippen LogP contribution in [0.15, 0.2) is 53.1 Å². The van der Waals surface area contributed by atoms with Gasteiger partial charge in [0.1, 0.15) is 0 Å². The Morgan fingerprint density at radius 2 is 2.04 bits per heavy atom. The fraction of sp³-hybridized carbons (Fsp3) is 0.250. The van der Waals surface area contributed by atoms with Crippen molar-refractivity contribution in [2.24, 2.45) is 0 Å². The number of aromatic amines is 1. The maximum Gasteiger partial charge on any atom is 0.253 e. The molecule has 138 valence electrons. The molecule has 1 saturated heterocycles. The Balaban J connectivity index is 1.34. The number of carbonyl (C=O) groups excluding carboxylic acids is 2. The molecule has 1 aliphatic rings. The van der Waals surface area contributed by atoms with Gasteiger partial charge >= 0.3 is 0 Å². The molecule has 6 nitrogen and oxygen atoms in total. The number of likely N-dealkylation sites (tertiary alicyclic amines) is 1. The molecule has 4 rings (SSSR count). The van der Waals surface area contributed by atoms with E-state index in [1.807, 2.05) is 42.5 Å². The smallest absolute Gasteiger partial charge is 0.253 e. The molecule has 2 amide bonds. The molecular formula is C20H19BrN4O2. The second-order valence-electron chi connectivity index (χ2n) is 6.78. The average Bonchev–Trinajstić information content (AvgIpc) is 3.31. The largest absolute Gasteiger partial charge is 0.351 e. The Morgan fingerprint density at radius 1 is 1.22 bits per heavy atom. The highest BCUT2D eigenvalue weighted by atomic mass is 79.9. The van der Waals surface area contributed by atoms with Gasteiger partial charge in [0.25, 0.3) is 5.91 Å². The third-order valence-electron chi connectivity index (χ3n) is 4.81. The minimum Gasteiger partial charge on any atom is -0.351 e. The monoisotopic (exact) mass is 426 g/mol. The van der Waals surface area contributed by atoms with Crippen LogP contribution < -0.4 is 5.32 Å². The van der Waals surface area contributed by atoms with Crippen LogP contribution in [0.25, 0.3) is 10.9 Å². The number of carbonyl (C=O) groups is 2. The molecule has 1 aliphatic heterocycles. The number of benzene rings is 2. The molecular weight excluding hydrogens is 408 g/mol. The zero-order valence-electron chi connectivity index (χ0n) is 14.6. The maximum absolute atomic E-state index is 12.7. The summed E-state index contributed by atoms with van der Waals surface area (Å²) in [4.78, 5) is 26.8. The van der Waals surface area contributed by atoms with E-state index in [1.165, 1.54) is 0 Å². The topological polar surface area (TPSA) is 78.1 Å². The number of fused-ring (bicyclic) bond motifs is 1. The average molecular weight is 427 g/mol. The van der Waals surface area contributed by atoms with Crippen molar-refractivity contribution in [2.45, 2.75) is 18.9 Å². The number of aromatic nitrogens is 2. The predicted molar refractivity (Wildman–Crippen MR) is 106 cm³/mol. The van der Waals surface area contributed by atoms with E-state index in [0.717, 1.165) is 27.4 Å². The number of halogens is 1. The van der Waals surface area contributed by atoms with Crippen molar-refractivity contribution in [1.29, 1.82) is 0 Å². The number of hydrogen-bond donors (Lipinski definition) is 2. The minimum atomic E-state index is -0.0172. The molecule has 0 spiro atoms. The summed E-state index contributed by atoms with van der Waals surface area (Å²) in [5.41, 5.74) is 2.52. The molecule has 1 aromatic heterocycles. The van der Waals surface area contributed by atoms with Gasteiger partial charge in [0.05, 0.1) is 18.1 Å². The van der Waals surface area contributed by atoms with Crippen molar-refractivity contribution in [2.75, 3.05) is 13.1 Å². The molecule has 0 radical (unpaired) electrons. The molecule has 3 aromatic rings. The van der Waals surface area contributed by atoms with Crippen LogP contribution in [0.3, 0.4) is 0 Å². The van der Waals surface area contributed by atoms with Gasteiger partial charge < -0.3 is 10.2 Å². The highest BCUT2D eigenvalue weighted by Crippen LogP contribution is 2.18. The van der Waals surface area contributed by atoms with Gasteiger partial charge in [0.2, 0.25) is 5.91 Å². The molecule has 0 unspecified atom stereocenters. The minimum absolute atomic E-state index is 0.00504. The molecule has 27 heavy (non-hydrogen) atoms. The zero-order valence-corrected chi connectivity index (χ0v) is 16.2. The van der Waals surface area contributed by atoms with E-state index >= 15 is 0 Å². The lowest BCUT2D eigenvalue weighted by atomic mass is 10.1. The Labute approximate surface area is 165 Å². The van der Waals surface area contributed by atoms with Gasteiger partial charge in [-0.05, 0) is 42.3 Å². The first-order valence-electron chi connectivity index (χ1n) is 8.85. The second-order valence-corrected chi connectivity index (χ2v) is 7.70. The lowest BCUT2D eigenvalue weighted by molar-refractivity contribution is -0.121. The third-order valence-corrected chi connectivity index (χ3v) is 5.33. The van der Waals surface area contributed by atoms with Gasteiger partial charge in [0, 0.05) is 34.6 Å². The van der Waals surface area contributed by atoms with Crippen molar-refractivity contribution in [3.05, 3.63) is 64.3 Å². The highest BCUT2D eigenvalue weighted by molar-refractivity contribution is 9.10. The van der Waals surface area contributed by atoms with Gasteiger partial charge in [-0.2, -0.15) is 5.10 Å². The van der Waals surface area contributed by atoms with Crippen molar-refractivity contribution in [1.82, 2.24) is 20.4 Å².